The van der Waals surface area contributed by atoms with Crippen LogP contribution in [0.1, 0.15) is 16.4 Å². The van der Waals surface area contributed by atoms with Crippen molar-refractivity contribution in [2.75, 3.05) is 0 Å². The van der Waals surface area contributed by atoms with E-state index in [0.717, 1.165) is 0 Å². The fourth-order valence-corrected chi connectivity index (χ4v) is 3.22. The van der Waals surface area contributed by atoms with Crippen molar-refractivity contribution in [3.8, 4) is 16.8 Å². The number of rotatable bonds is 2. The Labute approximate surface area is 177 Å². The first-order valence-corrected chi connectivity index (χ1v) is 8.47. The summed E-state index contributed by atoms with van der Waals surface area (Å²) in [5.74, 6) is 0. The molecule has 124 valence electrons. The molecule has 0 atom stereocenters. The van der Waals surface area contributed by atoms with Gasteiger partial charge < -0.3 is 4.57 Å². The molecule has 1 aromatic heterocycles. The molecular formula is C24H16BrN. The monoisotopic (exact) mass is 409 g/mol. The van der Waals surface area contributed by atoms with E-state index >= 15 is 0 Å². The highest BCUT2D eigenvalue weighted by Crippen LogP contribution is 2.34. The summed E-state index contributed by atoms with van der Waals surface area (Å²) < 4.78 is 101. The molecule has 0 saturated carbocycles. The van der Waals surface area contributed by atoms with Crippen molar-refractivity contribution in [2.24, 2.45) is 0 Å². The van der Waals surface area contributed by atoms with E-state index in [2.05, 4.69) is 15.9 Å². The minimum absolute atomic E-state index is 0.00121. The Morgan fingerprint density at radius 1 is 0.654 bits per heavy atom. The summed E-state index contributed by atoms with van der Waals surface area (Å²) in [6.07, 6.45) is 0. The summed E-state index contributed by atoms with van der Waals surface area (Å²) in [6, 6.07) is 1.40. The van der Waals surface area contributed by atoms with Gasteiger partial charge in [0, 0.05) is 20.9 Å². The molecule has 0 aliphatic heterocycles. The molecule has 0 aliphatic rings. The third-order valence-corrected chi connectivity index (χ3v) is 4.44. The van der Waals surface area contributed by atoms with Gasteiger partial charge in [-0.05, 0) is 47.4 Å². The van der Waals surface area contributed by atoms with Gasteiger partial charge in [0.05, 0.1) is 27.5 Å². The highest BCUT2D eigenvalue weighted by atomic mass is 79.9. The van der Waals surface area contributed by atoms with Crippen molar-refractivity contribution in [3.63, 3.8) is 0 Å². The van der Waals surface area contributed by atoms with Gasteiger partial charge in [0.1, 0.15) is 0 Å². The molecule has 0 spiro atoms. The molecule has 1 nitrogen and oxygen atoms in total. The van der Waals surface area contributed by atoms with E-state index in [-0.39, 0.29) is 74.1 Å². The van der Waals surface area contributed by atoms with E-state index in [1.807, 2.05) is 0 Å². The summed E-state index contributed by atoms with van der Waals surface area (Å²) in [6.45, 7) is 0. The van der Waals surface area contributed by atoms with Crippen molar-refractivity contribution in [2.45, 2.75) is 0 Å². The van der Waals surface area contributed by atoms with Gasteiger partial charge >= 0.3 is 0 Å². The number of aromatic nitrogens is 1. The number of para-hydroxylation sites is 1. The van der Waals surface area contributed by atoms with E-state index in [9.17, 15) is 0 Å². The molecule has 4 aromatic carbocycles. The lowest BCUT2D eigenvalue weighted by Gasteiger charge is -2.09. The lowest BCUT2D eigenvalue weighted by Crippen LogP contribution is -1.93. The van der Waals surface area contributed by atoms with Gasteiger partial charge in [0.25, 0.3) is 0 Å². The lowest BCUT2D eigenvalue weighted by atomic mass is 10.1. The number of fused-ring (bicyclic) bond motifs is 3. The van der Waals surface area contributed by atoms with E-state index in [1.165, 1.54) is 28.8 Å². The van der Waals surface area contributed by atoms with Crippen LogP contribution in [0.25, 0.3) is 38.6 Å². The second kappa shape index (κ2) is 6.15. The highest BCUT2D eigenvalue weighted by molar-refractivity contribution is 9.10. The Bertz CT molecular complexity index is 1740. The zero-order chi connectivity index (χ0) is 28.0. The zero-order valence-corrected chi connectivity index (χ0v) is 14.7. The van der Waals surface area contributed by atoms with E-state index in [0.29, 0.717) is 11.3 Å². The minimum atomic E-state index is -0.508. The summed E-state index contributed by atoms with van der Waals surface area (Å²) >= 11 is 3.17. The molecule has 2 heteroatoms. The summed E-state index contributed by atoms with van der Waals surface area (Å²) in [4.78, 5) is 0. The predicted molar refractivity (Wildman–Crippen MR) is 114 cm³/mol. The van der Waals surface area contributed by atoms with Crippen LogP contribution < -0.4 is 0 Å². The average Bonchev–Trinajstić information content (AvgIpc) is 3.27. The molecule has 5 aromatic rings. The summed E-state index contributed by atoms with van der Waals surface area (Å²) in [7, 11) is 0. The van der Waals surface area contributed by atoms with E-state index in [4.69, 9.17) is 16.4 Å². The van der Waals surface area contributed by atoms with Gasteiger partial charge in [-0.2, -0.15) is 0 Å². The minimum Gasteiger partial charge on any atom is -0.309 e. The smallest absolute Gasteiger partial charge is 0.0646 e. The lowest BCUT2D eigenvalue weighted by molar-refractivity contribution is 1.18. The van der Waals surface area contributed by atoms with Crippen LogP contribution >= 0.6 is 15.9 Å². The maximum absolute atomic E-state index is 8.65. The third kappa shape index (κ3) is 2.46. The van der Waals surface area contributed by atoms with Crippen molar-refractivity contribution < 1.29 is 16.4 Å². The molecule has 0 N–H and O–H groups in total. The quantitative estimate of drug-likeness (QED) is 0.290. The number of halogens is 1. The van der Waals surface area contributed by atoms with Crippen molar-refractivity contribution in [1.82, 2.24) is 4.57 Å². The molecule has 0 radical (unpaired) electrons. The second-order valence-electron chi connectivity index (χ2n) is 5.52. The Kier molecular flexibility index (Phi) is 1.75. The van der Waals surface area contributed by atoms with Crippen LogP contribution in [-0.2, 0) is 0 Å². The first kappa shape index (κ1) is 7.42. The third-order valence-electron chi connectivity index (χ3n) is 4.04. The van der Waals surface area contributed by atoms with Crippen LogP contribution in [-0.4, -0.2) is 4.57 Å². The topological polar surface area (TPSA) is 4.93 Å². The van der Waals surface area contributed by atoms with Crippen molar-refractivity contribution >= 4 is 37.7 Å². The second-order valence-corrected chi connectivity index (χ2v) is 6.31. The molecule has 0 aliphatic carbocycles. The SMILES string of the molecule is [2H]c1c([2H])c([2H])c(-c2ccc(-n3c4c([2H])c([2H])c([2H])c([2H])c4c4c([2H])c(Br)c([2H])c([2H])c43)cc2)c([2H])c1[2H]. The van der Waals surface area contributed by atoms with E-state index in [1.54, 1.807) is 0 Å². The first-order valence-electron chi connectivity index (χ1n) is 13.7. The summed E-state index contributed by atoms with van der Waals surface area (Å²) in [5.41, 5.74) is 0.742. The maximum atomic E-state index is 8.65. The van der Waals surface area contributed by atoms with Crippen LogP contribution in [0.5, 0.6) is 0 Å². The molecule has 0 bridgehead atoms. The molecule has 0 fully saturated rings. The largest absolute Gasteiger partial charge is 0.309 e. The van der Waals surface area contributed by atoms with Crippen molar-refractivity contribution in [3.05, 3.63) is 101 Å². The fourth-order valence-electron chi connectivity index (χ4n) is 2.92. The van der Waals surface area contributed by atoms with E-state index < -0.39 is 30.2 Å². The molecule has 0 unspecified atom stereocenters. The Hall–Kier alpha value is -2.84. The van der Waals surface area contributed by atoms with Gasteiger partial charge in [0.15, 0.2) is 0 Å². The van der Waals surface area contributed by atoms with Gasteiger partial charge in [-0.25, -0.2) is 0 Å². The Morgan fingerprint density at radius 2 is 1.35 bits per heavy atom. The molecule has 1 heterocycles. The van der Waals surface area contributed by atoms with Crippen LogP contribution in [0.2, 0.25) is 0 Å². The van der Waals surface area contributed by atoms with Gasteiger partial charge in [-0.15, -0.1) is 0 Å². The number of nitrogens with zero attached hydrogens (tertiary/aromatic N) is 1. The van der Waals surface area contributed by atoms with Gasteiger partial charge in [0.2, 0.25) is 0 Å². The standard InChI is InChI=1S/C24H16BrN/c25-19-12-15-24-22(16-19)21-8-4-5-9-23(21)26(24)20-13-10-18(11-14-20)17-6-2-1-3-7-17/h1-16H/i1D,2D,3D,4D,5D,6D,7D,8D,9D,12D,15D,16D. The normalized spacial score (nSPS) is 17.7. The van der Waals surface area contributed by atoms with Crippen LogP contribution in [0.15, 0.2) is 101 Å². The molecule has 0 saturated heterocycles. The zero-order valence-electron chi connectivity index (χ0n) is 25.1. The summed E-state index contributed by atoms with van der Waals surface area (Å²) in [5, 5.41) is 0.134. The van der Waals surface area contributed by atoms with Crippen molar-refractivity contribution in [1.29, 1.82) is 0 Å². The van der Waals surface area contributed by atoms with Crippen LogP contribution in [0, 0.1) is 0 Å². The average molecular weight is 410 g/mol. The molecule has 0 amide bonds. The van der Waals surface area contributed by atoms with Crippen LogP contribution in [0.3, 0.4) is 0 Å². The first-order chi connectivity index (χ1) is 17.8. The number of benzene rings is 4. The Morgan fingerprint density at radius 3 is 2.15 bits per heavy atom. The predicted octanol–water partition coefficient (Wildman–Crippen LogP) is 7.21. The maximum Gasteiger partial charge on any atom is 0.0646 e. The number of hydrogen-bond acceptors (Lipinski definition) is 0. The van der Waals surface area contributed by atoms with Gasteiger partial charge in [-0.1, -0.05) is 76.4 Å². The van der Waals surface area contributed by atoms with Crippen LogP contribution in [0.4, 0.5) is 0 Å². The Balaban J connectivity index is 1.90. The molecule has 5 rings (SSSR count). The molecule has 26 heavy (non-hydrogen) atoms. The molecular weight excluding hydrogens is 382 g/mol. The fraction of sp³-hybridized carbons (Fsp3) is 0. The number of hydrogen-bond donors (Lipinski definition) is 0. The highest BCUT2D eigenvalue weighted by Gasteiger charge is 2.12. The van der Waals surface area contributed by atoms with Gasteiger partial charge in [-0.3, -0.25) is 0 Å².